The lowest BCUT2D eigenvalue weighted by Gasteiger charge is -2.24. The first kappa shape index (κ1) is 11.8. The van der Waals surface area contributed by atoms with Gasteiger partial charge in [-0.3, -0.25) is 4.90 Å². The maximum absolute atomic E-state index is 12.1. The van der Waals surface area contributed by atoms with Gasteiger partial charge in [0.1, 0.15) is 0 Å². The van der Waals surface area contributed by atoms with E-state index in [1.807, 2.05) is 36.9 Å². The normalized spacial score (nSPS) is 18.4. The Labute approximate surface area is 102 Å². The molecule has 0 bridgehead atoms. The number of nitrogens with one attached hydrogen (secondary N) is 1. The molecule has 0 saturated carbocycles. The highest BCUT2D eigenvalue weighted by Crippen LogP contribution is 2.33. The van der Waals surface area contributed by atoms with Crippen LogP contribution in [0.5, 0.6) is 0 Å². The Balaban J connectivity index is 2.28. The van der Waals surface area contributed by atoms with Crippen molar-refractivity contribution < 1.29 is 4.79 Å². The molecule has 0 radical (unpaired) electrons. The van der Waals surface area contributed by atoms with Crippen LogP contribution in [-0.2, 0) is 6.42 Å². The smallest absolute Gasteiger partial charge is 0.322 e. The van der Waals surface area contributed by atoms with Gasteiger partial charge in [-0.05, 0) is 51.0 Å². The molecule has 4 heteroatoms. The highest BCUT2D eigenvalue weighted by molar-refractivity contribution is 5.95. The van der Waals surface area contributed by atoms with Crippen molar-refractivity contribution >= 4 is 17.4 Å². The van der Waals surface area contributed by atoms with Gasteiger partial charge >= 0.3 is 6.03 Å². The van der Waals surface area contributed by atoms with E-state index in [1.54, 1.807) is 0 Å². The predicted molar refractivity (Wildman–Crippen MR) is 70.2 cm³/mol. The molecule has 0 saturated heterocycles. The summed E-state index contributed by atoms with van der Waals surface area (Å²) in [5.41, 5.74) is 8.64. The first-order valence-corrected chi connectivity index (χ1v) is 5.97. The number of nitrogen functional groups attached to an aromatic ring is 1. The minimum Gasteiger partial charge on any atom is -0.399 e. The van der Waals surface area contributed by atoms with Crippen LogP contribution in [0.1, 0.15) is 26.3 Å². The molecule has 92 valence electrons. The van der Waals surface area contributed by atoms with Crippen LogP contribution >= 0.6 is 0 Å². The van der Waals surface area contributed by atoms with Crippen molar-refractivity contribution in [3.63, 3.8) is 0 Å². The van der Waals surface area contributed by atoms with Gasteiger partial charge in [0.05, 0.1) is 0 Å². The second-order valence-corrected chi connectivity index (χ2v) is 4.92. The molecular weight excluding hydrogens is 214 g/mol. The summed E-state index contributed by atoms with van der Waals surface area (Å²) >= 11 is 0. The van der Waals surface area contributed by atoms with Gasteiger partial charge in [0.25, 0.3) is 0 Å². The fraction of sp³-hybridized carbons (Fsp3) is 0.462. The second-order valence-electron chi connectivity index (χ2n) is 4.92. The van der Waals surface area contributed by atoms with E-state index in [-0.39, 0.29) is 18.1 Å². The van der Waals surface area contributed by atoms with E-state index in [2.05, 4.69) is 12.2 Å². The number of carbonyl (C=O) groups excluding carboxylic acids is 1. The van der Waals surface area contributed by atoms with Gasteiger partial charge in [-0.1, -0.05) is 0 Å². The van der Waals surface area contributed by atoms with Crippen molar-refractivity contribution in [2.75, 3.05) is 10.6 Å². The van der Waals surface area contributed by atoms with Gasteiger partial charge in [0, 0.05) is 23.5 Å². The average molecular weight is 233 g/mol. The molecule has 1 aromatic carbocycles. The molecule has 1 heterocycles. The van der Waals surface area contributed by atoms with Gasteiger partial charge in [-0.2, -0.15) is 0 Å². The number of rotatable bonds is 1. The Morgan fingerprint density at radius 3 is 2.88 bits per heavy atom. The van der Waals surface area contributed by atoms with Crippen molar-refractivity contribution in [1.29, 1.82) is 0 Å². The molecule has 0 spiro atoms. The third kappa shape index (κ3) is 2.20. The first-order valence-electron chi connectivity index (χ1n) is 5.97. The third-order valence-corrected chi connectivity index (χ3v) is 2.95. The van der Waals surface area contributed by atoms with Gasteiger partial charge in [0.15, 0.2) is 0 Å². The topological polar surface area (TPSA) is 58.4 Å². The molecule has 4 nitrogen and oxygen atoms in total. The van der Waals surface area contributed by atoms with Crippen LogP contribution in [0.4, 0.5) is 16.2 Å². The Morgan fingerprint density at radius 2 is 2.24 bits per heavy atom. The fourth-order valence-electron chi connectivity index (χ4n) is 2.28. The summed E-state index contributed by atoms with van der Waals surface area (Å²) in [6.45, 7) is 5.97. The molecule has 1 aliphatic heterocycles. The van der Waals surface area contributed by atoms with Crippen LogP contribution in [0.25, 0.3) is 0 Å². The summed E-state index contributed by atoms with van der Waals surface area (Å²) in [5, 5.41) is 2.93. The van der Waals surface area contributed by atoms with Crippen LogP contribution < -0.4 is 16.0 Å². The van der Waals surface area contributed by atoms with Crippen molar-refractivity contribution in [3.8, 4) is 0 Å². The maximum atomic E-state index is 12.1. The zero-order valence-corrected chi connectivity index (χ0v) is 10.5. The maximum Gasteiger partial charge on any atom is 0.322 e. The Hall–Kier alpha value is -1.71. The molecular formula is C13H19N3O. The molecule has 1 aromatic rings. The molecule has 3 N–H and O–H groups in total. The number of hydrogen-bond donors (Lipinski definition) is 2. The fourth-order valence-corrected chi connectivity index (χ4v) is 2.28. The van der Waals surface area contributed by atoms with Crippen LogP contribution in [0.3, 0.4) is 0 Å². The van der Waals surface area contributed by atoms with Gasteiger partial charge in [0.2, 0.25) is 0 Å². The summed E-state index contributed by atoms with van der Waals surface area (Å²) < 4.78 is 0. The van der Waals surface area contributed by atoms with Crippen LogP contribution in [0.2, 0.25) is 0 Å². The van der Waals surface area contributed by atoms with Crippen molar-refractivity contribution in [1.82, 2.24) is 5.32 Å². The van der Waals surface area contributed by atoms with Crippen LogP contribution in [-0.4, -0.2) is 18.1 Å². The lowest BCUT2D eigenvalue weighted by atomic mass is 10.1. The van der Waals surface area contributed by atoms with Crippen molar-refractivity contribution in [2.45, 2.75) is 39.3 Å². The average Bonchev–Trinajstić information content (AvgIpc) is 2.51. The van der Waals surface area contributed by atoms with Gasteiger partial charge in [-0.25, -0.2) is 4.79 Å². The zero-order chi connectivity index (χ0) is 12.6. The van der Waals surface area contributed by atoms with Gasteiger partial charge < -0.3 is 11.1 Å². The van der Waals surface area contributed by atoms with E-state index in [0.29, 0.717) is 0 Å². The molecule has 17 heavy (non-hydrogen) atoms. The monoisotopic (exact) mass is 233 g/mol. The number of fused-ring (bicyclic) bond motifs is 1. The first-order chi connectivity index (χ1) is 7.99. The summed E-state index contributed by atoms with van der Waals surface area (Å²) in [4.78, 5) is 13.9. The lowest BCUT2D eigenvalue weighted by molar-refractivity contribution is 0.243. The molecule has 0 fully saturated rings. The number of benzene rings is 1. The Kier molecular flexibility index (Phi) is 2.96. The molecule has 1 aliphatic rings. The third-order valence-electron chi connectivity index (χ3n) is 2.95. The quantitative estimate of drug-likeness (QED) is 0.730. The minimum absolute atomic E-state index is 0.0315. The summed E-state index contributed by atoms with van der Waals surface area (Å²) in [5.74, 6) is 0. The van der Waals surface area contributed by atoms with Crippen molar-refractivity contribution in [2.24, 2.45) is 0 Å². The Bertz CT molecular complexity index is 442. The number of amides is 2. The van der Waals surface area contributed by atoms with Gasteiger partial charge in [-0.15, -0.1) is 0 Å². The van der Waals surface area contributed by atoms with E-state index in [1.165, 1.54) is 0 Å². The highest BCUT2D eigenvalue weighted by Gasteiger charge is 2.30. The number of hydrogen-bond acceptors (Lipinski definition) is 2. The van der Waals surface area contributed by atoms with E-state index in [9.17, 15) is 4.79 Å². The largest absolute Gasteiger partial charge is 0.399 e. The van der Waals surface area contributed by atoms with Crippen LogP contribution in [0.15, 0.2) is 18.2 Å². The lowest BCUT2D eigenvalue weighted by Crippen LogP contribution is -2.45. The summed E-state index contributed by atoms with van der Waals surface area (Å²) in [6, 6.07) is 6.02. The molecule has 1 unspecified atom stereocenters. The predicted octanol–water partition coefficient (Wildman–Crippen LogP) is 2.14. The second kappa shape index (κ2) is 4.28. The van der Waals surface area contributed by atoms with Crippen molar-refractivity contribution in [3.05, 3.63) is 23.8 Å². The summed E-state index contributed by atoms with van der Waals surface area (Å²) in [6.07, 6.45) is 0.867. The molecule has 2 rings (SSSR count). The molecule has 1 atom stereocenters. The molecule has 0 aliphatic carbocycles. The standard InChI is InChI=1S/C13H19N3O/c1-8(2)15-13(17)16-9(3)6-10-7-11(14)4-5-12(10)16/h4-5,7-9H,6,14H2,1-3H3,(H,15,17). The van der Waals surface area contributed by atoms with E-state index in [4.69, 9.17) is 5.73 Å². The van der Waals surface area contributed by atoms with Crippen LogP contribution in [0, 0.1) is 0 Å². The Morgan fingerprint density at radius 1 is 1.53 bits per heavy atom. The highest BCUT2D eigenvalue weighted by atomic mass is 16.2. The molecule has 0 aromatic heterocycles. The van der Waals surface area contributed by atoms with E-state index < -0.39 is 0 Å². The molecule has 2 amide bonds. The number of nitrogens with two attached hydrogens (primary N) is 1. The number of carbonyl (C=O) groups is 1. The minimum atomic E-state index is -0.0315. The van der Waals surface area contributed by atoms with E-state index in [0.717, 1.165) is 23.4 Å². The van der Waals surface area contributed by atoms with E-state index >= 15 is 0 Å². The number of anilines is 2. The number of urea groups is 1. The number of nitrogens with zero attached hydrogens (tertiary/aromatic N) is 1. The zero-order valence-electron chi connectivity index (χ0n) is 10.5. The SMILES string of the molecule is CC(C)NC(=O)N1c2ccc(N)cc2CC1C. The summed E-state index contributed by atoms with van der Waals surface area (Å²) in [7, 11) is 0.